The van der Waals surface area contributed by atoms with Crippen LogP contribution in [0.3, 0.4) is 0 Å². The normalized spacial score (nSPS) is 16.5. The van der Waals surface area contributed by atoms with Gasteiger partial charge in [-0.05, 0) is 6.07 Å². The Morgan fingerprint density at radius 2 is 1.92 bits per heavy atom. The van der Waals surface area contributed by atoms with Gasteiger partial charge in [0.25, 0.3) is 0 Å². The lowest BCUT2D eigenvalue weighted by Gasteiger charge is -2.34. The van der Waals surface area contributed by atoms with Gasteiger partial charge in [0.1, 0.15) is 4.64 Å². The van der Waals surface area contributed by atoms with Gasteiger partial charge in [0, 0.05) is 38.9 Å². The SMILES string of the molecule is C=CCNC(=O)CN1CCN(Cn2cc(C(F)(F)F)cc(Cl)c2=S)CC1. The van der Waals surface area contributed by atoms with E-state index in [2.05, 4.69) is 11.9 Å². The molecular formula is C16H20ClF3N4OS. The van der Waals surface area contributed by atoms with Crippen molar-refractivity contribution in [3.8, 4) is 0 Å². The lowest BCUT2D eigenvalue weighted by Crippen LogP contribution is -2.49. The lowest BCUT2D eigenvalue weighted by atomic mass is 10.2. The second-order valence-corrected chi connectivity index (χ2v) is 6.77. The molecule has 5 nitrogen and oxygen atoms in total. The monoisotopic (exact) mass is 408 g/mol. The fraction of sp³-hybridized carbons (Fsp3) is 0.500. The maximum atomic E-state index is 12.9. The Morgan fingerprint density at radius 3 is 2.50 bits per heavy atom. The maximum Gasteiger partial charge on any atom is 0.417 e. The van der Waals surface area contributed by atoms with Gasteiger partial charge in [-0.2, -0.15) is 13.2 Å². The number of nitrogens with one attached hydrogen (secondary N) is 1. The Bertz CT molecular complexity index is 714. The van der Waals surface area contributed by atoms with Crippen LogP contribution >= 0.6 is 23.8 Å². The van der Waals surface area contributed by atoms with Gasteiger partial charge in [0.15, 0.2) is 0 Å². The highest BCUT2D eigenvalue weighted by molar-refractivity contribution is 7.71. The third-order valence-electron chi connectivity index (χ3n) is 4.00. The quantitative estimate of drug-likeness (QED) is 0.580. The third-order valence-corrected chi connectivity index (χ3v) is 4.85. The molecule has 26 heavy (non-hydrogen) atoms. The van der Waals surface area contributed by atoms with E-state index >= 15 is 0 Å². The molecule has 0 aromatic carbocycles. The first kappa shape index (κ1) is 20.9. The average Bonchev–Trinajstić information content (AvgIpc) is 2.57. The summed E-state index contributed by atoms with van der Waals surface area (Å²) in [6, 6.07) is 0.847. The van der Waals surface area contributed by atoms with Gasteiger partial charge in [0.2, 0.25) is 5.91 Å². The summed E-state index contributed by atoms with van der Waals surface area (Å²) in [7, 11) is 0. The van der Waals surface area contributed by atoms with Crippen LogP contribution in [0.5, 0.6) is 0 Å². The summed E-state index contributed by atoms with van der Waals surface area (Å²) in [5, 5.41) is 2.62. The zero-order valence-corrected chi connectivity index (χ0v) is 15.6. The van der Waals surface area contributed by atoms with Crippen molar-refractivity contribution < 1.29 is 18.0 Å². The number of pyridine rings is 1. The van der Waals surface area contributed by atoms with Crippen molar-refractivity contribution in [3.05, 3.63) is 40.1 Å². The van der Waals surface area contributed by atoms with Crippen molar-refractivity contribution in [2.75, 3.05) is 39.3 Å². The van der Waals surface area contributed by atoms with Gasteiger partial charge in [0.05, 0.1) is 23.8 Å². The van der Waals surface area contributed by atoms with Crippen molar-refractivity contribution in [2.45, 2.75) is 12.8 Å². The smallest absolute Gasteiger partial charge is 0.352 e. The summed E-state index contributed by atoms with van der Waals surface area (Å²) >= 11 is 11.0. The molecule has 2 heterocycles. The van der Waals surface area contributed by atoms with Crippen molar-refractivity contribution in [3.63, 3.8) is 0 Å². The first-order valence-electron chi connectivity index (χ1n) is 8.00. The van der Waals surface area contributed by atoms with E-state index in [1.807, 2.05) is 9.80 Å². The molecule has 1 amide bonds. The molecule has 0 radical (unpaired) electrons. The van der Waals surface area contributed by atoms with Crippen LogP contribution in [0, 0.1) is 4.64 Å². The van der Waals surface area contributed by atoms with Crippen LogP contribution in [0.15, 0.2) is 24.9 Å². The van der Waals surface area contributed by atoms with Crippen LogP contribution in [-0.4, -0.2) is 59.5 Å². The molecule has 0 saturated carbocycles. The van der Waals surface area contributed by atoms with Crippen molar-refractivity contribution in [2.24, 2.45) is 0 Å². The Morgan fingerprint density at radius 1 is 1.31 bits per heavy atom. The molecule has 0 bridgehead atoms. The second-order valence-electron chi connectivity index (χ2n) is 5.98. The minimum absolute atomic E-state index is 0.0785. The molecule has 1 aromatic rings. The van der Waals surface area contributed by atoms with Crippen molar-refractivity contribution >= 4 is 29.7 Å². The van der Waals surface area contributed by atoms with E-state index in [0.29, 0.717) is 32.7 Å². The standard InChI is InChI=1S/C16H20ClF3N4OS/c1-2-3-21-14(25)10-22-4-6-23(7-5-22)11-24-9-12(16(18,19)20)8-13(17)15(24)26/h2,8-9H,1,3-7,10-11H2,(H,21,25). The highest BCUT2D eigenvalue weighted by Crippen LogP contribution is 2.31. The van der Waals surface area contributed by atoms with Crippen LogP contribution in [0.2, 0.25) is 5.02 Å². The second kappa shape index (κ2) is 8.98. The molecule has 1 saturated heterocycles. The minimum Gasteiger partial charge on any atom is -0.352 e. The number of aromatic nitrogens is 1. The number of carbonyl (C=O) groups is 1. The summed E-state index contributed by atoms with van der Waals surface area (Å²) < 4.78 is 40.4. The van der Waals surface area contributed by atoms with E-state index in [1.54, 1.807) is 6.08 Å². The zero-order chi connectivity index (χ0) is 19.3. The number of alkyl halides is 3. The van der Waals surface area contributed by atoms with Crippen molar-refractivity contribution in [1.82, 2.24) is 19.7 Å². The number of halogens is 4. The number of piperazine rings is 1. The van der Waals surface area contributed by atoms with E-state index < -0.39 is 11.7 Å². The van der Waals surface area contributed by atoms with Crippen molar-refractivity contribution in [1.29, 1.82) is 0 Å². The number of hydrogen-bond acceptors (Lipinski definition) is 4. The molecule has 1 fully saturated rings. The number of hydrogen-bond donors (Lipinski definition) is 1. The Kier molecular flexibility index (Phi) is 7.22. The van der Waals surface area contributed by atoms with Gasteiger partial charge in [-0.15, -0.1) is 6.58 Å². The van der Waals surface area contributed by atoms with E-state index in [0.717, 1.165) is 12.3 Å². The summed E-state index contributed by atoms with van der Waals surface area (Å²) in [4.78, 5) is 15.7. The molecule has 0 atom stereocenters. The van der Waals surface area contributed by atoms with Gasteiger partial charge in [-0.3, -0.25) is 14.6 Å². The molecule has 2 rings (SSSR count). The molecular weight excluding hydrogens is 389 g/mol. The van der Waals surface area contributed by atoms with Crippen LogP contribution < -0.4 is 5.32 Å². The zero-order valence-electron chi connectivity index (χ0n) is 14.1. The first-order valence-corrected chi connectivity index (χ1v) is 8.79. The molecule has 0 aliphatic carbocycles. The van der Waals surface area contributed by atoms with E-state index in [9.17, 15) is 18.0 Å². The third kappa shape index (κ3) is 5.80. The van der Waals surface area contributed by atoms with Crippen LogP contribution in [-0.2, 0) is 17.6 Å². The van der Waals surface area contributed by atoms with Crippen LogP contribution in [0.4, 0.5) is 13.2 Å². The largest absolute Gasteiger partial charge is 0.417 e. The summed E-state index contributed by atoms with van der Waals surface area (Å²) in [5.74, 6) is -0.0785. The number of rotatable bonds is 6. The molecule has 144 valence electrons. The van der Waals surface area contributed by atoms with Gasteiger partial charge in [-0.1, -0.05) is 29.9 Å². The summed E-state index contributed by atoms with van der Waals surface area (Å²) in [6.07, 6.45) is -1.88. The highest BCUT2D eigenvalue weighted by Gasteiger charge is 2.32. The van der Waals surface area contributed by atoms with E-state index in [-0.39, 0.29) is 28.8 Å². The molecule has 1 aromatic heterocycles. The Balaban J connectivity index is 1.95. The van der Waals surface area contributed by atoms with Crippen LogP contribution in [0.25, 0.3) is 0 Å². The van der Waals surface area contributed by atoms with Gasteiger partial charge < -0.3 is 9.88 Å². The van der Waals surface area contributed by atoms with E-state index in [4.69, 9.17) is 23.8 Å². The van der Waals surface area contributed by atoms with Gasteiger partial charge in [-0.25, -0.2) is 0 Å². The molecule has 10 heteroatoms. The molecule has 1 N–H and O–H groups in total. The highest BCUT2D eigenvalue weighted by atomic mass is 35.5. The first-order chi connectivity index (χ1) is 12.2. The summed E-state index contributed by atoms with van der Waals surface area (Å²) in [6.45, 7) is 6.98. The number of carbonyl (C=O) groups excluding carboxylic acids is 1. The molecule has 1 aliphatic heterocycles. The molecule has 0 unspecified atom stereocenters. The summed E-state index contributed by atoms with van der Waals surface area (Å²) in [5.41, 5.74) is -0.825. The maximum absolute atomic E-state index is 12.9. The molecule has 1 aliphatic rings. The fourth-order valence-electron chi connectivity index (χ4n) is 2.61. The number of amides is 1. The molecule has 0 spiro atoms. The Labute approximate surface area is 160 Å². The topological polar surface area (TPSA) is 40.5 Å². The van der Waals surface area contributed by atoms with Gasteiger partial charge >= 0.3 is 6.18 Å². The Hall–Kier alpha value is -1.42. The average molecular weight is 409 g/mol. The number of nitrogens with zero attached hydrogens (tertiary/aromatic N) is 3. The minimum atomic E-state index is -4.48. The lowest BCUT2D eigenvalue weighted by molar-refractivity contribution is -0.138. The predicted octanol–water partition coefficient (Wildman–Crippen LogP) is 2.77. The van der Waals surface area contributed by atoms with Crippen LogP contribution in [0.1, 0.15) is 5.56 Å². The fourth-order valence-corrected chi connectivity index (χ4v) is 3.00. The van der Waals surface area contributed by atoms with E-state index in [1.165, 1.54) is 4.57 Å². The predicted molar refractivity (Wildman–Crippen MR) is 96.5 cm³/mol.